The summed E-state index contributed by atoms with van der Waals surface area (Å²) in [6.07, 6.45) is 36.6. The first-order valence-electron chi connectivity index (χ1n) is 21.0. The summed E-state index contributed by atoms with van der Waals surface area (Å²) in [7, 11) is 0. The van der Waals surface area contributed by atoms with Crippen molar-refractivity contribution in [2.75, 3.05) is 0 Å². The van der Waals surface area contributed by atoms with Crippen molar-refractivity contribution in [1.29, 1.82) is 0 Å². The summed E-state index contributed by atoms with van der Waals surface area (Å²) < 4.78 is 6.17. The number of carbonyl (C=O) groups excluding carboxylic acids is 1. The minimum atomic E-state index is -0.564. The zero-order valence-corrected chi connectivity index (χ0v) is 32.3. The number of ether oxygens (including phenoxy) is 1. The van der Waals surface area contributed by atoms with Crippen molar-refractivity contribution in [3.63, 3.8) is 0 Å². The molecule has 4 aliphatic rings. The van der Waals surface area contributed by atoms with Crippen LogP contribution in [0.3, 0.4) is 0 Å². The summed E-state index contributed by atoms with van der Waals surface area (Å²) in [5.74, 6) is 4.60. The zero-order valence-electron chi connectivity index (χ0n) is 32.3. The Kier molecular flexibility index (Phi) is 15.9. The average molecular weight is 665 g/mol. The van der Waals surface area contributed by atoms with Crippen LogP contribution < -0.4 is 0 Å². The molecule has 0 heterocycles. The largest absolute Gasteiger partial charge is 0.455 e. The van der Waals surface area contributed by atoms with E-state index in [0.717, 1.165) is 74.5 Å². The predicted octanol–water partition coefficient (Wildman–Crippen LogP) is 12.7. The van der Waals surface area contributed by atoms with Crippen LogP contribution in [-0.4, -0.2) is 23.3 Å². The topological polar surface area (TPSA) is 46.5 Å². The van der Waals surface area contributed by atoms with Gasteiger partial charge in [-0.1, -0.05) is 123 Å². The Morgan fingerprint density at radius 1 is 0.854 bits per heavy atom. The first-order valence-corrected chi connectivity index (χ1v) is 21.0. The fourth-order valence-corrected chi connectivity index (χ4v) is 11.1. The number of hydrogen-bond donors (Lipinski definition) is 1. The molecule has 1 N–H and O–H groups in total. The lowest BCUT2D eigenvalue weighted by molar-refractivity contribution is -0.158. The van der Waals surface area contributed by atoms with Crippen molar-refractivity contribution in [2.45, 2.75) is 195 Å². The Bertz CT molecular complexity index is 1050. The lowest BCUT2D eigenvalue weighted by Gasteiger charge is -2.59. The fourth-order valence-electron chi connectivity index (χ4n) is 11.1. The number of aliphatic hydroxyl groups is 1. The minimum Gasteiger partial charge on any atom is -0.455 e. The van der Waals surface area contributed by atoms with Crippen LogP contribution in [0.15, 0.2) is 36.0 Å². The van der Waals surface area contributed by atoms with Gasteiger partial charge in [0.15, 0.2) is 0 Å². The van der Waals surface area contributed by atoms with Crippen molar-refractivity contribution in [2.24, 2.45) is 46.3 Å². The number of rotatable bonds is 20. The van der Waals surface area contributed by atoms with Crippen molar-refractivity contribution >= 4 is 5.97 Å². The van der Waals surface area contributed by atoms with Crippen LogP contribution in [0.4, 0.5) is 0 Å². The van der Waals surface area contributed by atoms with Gasteiger partial charge in [0.2, 0.25) is 0 Å². The third-order valence-corrected chi connectivity index (χ3v) is 13.9. The van der Waals surface area contributed by atoms with Gasteiger partial charge in [-0.2, -0.15) is 0 Å². The number of aliphatic hydroxyl groups excluding tert-OH is 1. The average Bonchev–Trinajstić information content (AvgIpc) is 3.41. The second-order valence-corrected chi connectivity index (χ2v) is 17.7. The Labute approximate surface area is 297 Å². The Morgan fingerprint density at radius 3 is 2.29 bits per heavy atom. The Hall–Kier alpha value is -1.35. The van der Waals surface area contributed by atoms with Gasteiger partial charge in [0.25, 0.3) is 0 Å². The van der Waals surface area contributed by atoms with Gasteiger partial charge in [-0.05, 0) is 135 Å². The molecule has 0 saturated heterocycles. The molecule has 0 bridgehead atoms. The van der Waals surface area contributed by atoms with Crippen molar-refractivity contribution in [3.05, 3.63) is 36.0 Å². The molecule has 9 atom stereocenters. The van der Waals surface area contributed by atoms with E-state index in [1.807, 2.05) is 0 Å². The highest BCUT2D eigenvalue weighted by Crippen LogP contribution is 2.67. The fraction of sp³-hybridized carbons (Fsp3) is 0.844. The summed E-state index contributed by atoms with van der Waals surface area (Å²) >= 11 is 0. The van der Waals surface area contributed by atoms with Crippen LogP contribution in [-0.2, 0) is 9.53 Å². The number of allylic oxidation sites excluding steroid dienone is 5. The molecule has 3 heteroatoms. The van der Waals surface area contributed by atoms with E-state index >= 15 is 0 Å². The number of esters is 1. The van der Waals surface area contributed by atoms with Crippen molar-refractivity contribution in [3.8, 4) is 0 Å². The second-order valence-electron chi connectivity index (χ2n) is 17.7. The molecule has 0 spiro atoms. The van der Waals surface area contributed by atoms with Crippen LogP contribution in [0.1, 0.15) is 183 Å². The van der Waals surface area contributed by atoms with Crippen LogP contribution in [0.5, 0.6) is 0 Å². The standard InChI is InChI=1S/C45H76O3/c1-7-8-9-10-11-12-13-14-15-16-17-18-19-20-21-25-42(47)48-43-40-27-26-36-38-29-28-37(35(4)24-22-23-34(2)3)44(38,5)32-30-39(36)45(40,6)33-31-41(43)46/h11-12,14-15,27,34-39,41,43,46H,7-10,13,16-26,28-33H2,1-6H3/b12-11-,15-14-/t35-,36+,37-,38+,39+,41+,43?,44-,45-/m1/s1. The van der Waals surface area contributed by atoms with Gasteiger partial charge in [0.05, 0.1) is 6.10 Å². The first-order chi connectivity index (χ1) is 23.1. The normalized spacial score (nSPS) is 33.9. The maximum absolute atomic E-state index is 13.1. The first kappa shape index (κ1) is 39.4. The third-order valence-electron chi connectivity index (χ3n) is 13.9. The van der Waals surface area contributed by atoms with Gasteiger partial charge in [0.1, 0.15) is 6.10 Å². The van der Waals surface area contributed by atoms with E-state index in [1.165, 1.54) is 95.5 Å². The lowest BCUT2D eigenvalue weighted by Crippen LogP contribution is -2.54. The van der Waals surface area contributed by atoms with Crippen LogP contribution in [0.2, 0.25) is 0 Å². The van der Waals surface area contributed by atoms with Crippen molar-refractivity contribution < 1.29 is 14.6 Å². The highest BCUT2D eigenvalue weighted by Gasteiger charge is 2.60. The van der Waals surface area contributed by atoms with E-state index in [1.54, 1.807) is 0 Å². The molecule has 48 heavy (non-hydrogen) atoms. The van der Waals surface area contributed by atoms with Gasteiger partial charge in [-0.25, -0.2) is 0 Å². The van der Waals surface area contributed by atoms with E-state index in [9.17, 15) is 9.90 Å². The molecule has 0 aromatic heterocycles. The quantitative estimate of drug-likeness (QED) is 0.0800. The minimum absolute atomic E-state index is 0.0504. The third kappa shape index (κ3) is 10.1. The highest BCUT2D eigenvalue weighted by atomic mass is 16.6. The maximum atomic E-state index is 13.1. The van der Waals surface area contributed by atoms with E-state index in [0.29, 0.717) is 17.8 Å². The number of hydrogen-bond acceptors (Lipinski definition) is 3. The summed E-state index contributed by atoms with van der Waals surface area (Å²) in [5.41, 5.74) is 1.78. The molecule has 274 valence electrons. The van der Waals surface area contributed by atoms with E-state index in [-0.39, 0.29) is 11.4 Å². The Morgan fingerprint density at radius 2 is 1.56 bits per heavy atom. The predicted molar refractivity (Wildman–Crippen MR) is 204 cm³/mol. The molecule has 3 fully saturated rings. The monoisotopic (exact) mass is 665 g/mol. The van der Waals surface area contributed by atoms with Crippen LogP contribution >= 0.6 is 0 Å². The molecule has 0 radical (unpaired) electrons. The van der Waals surface area contributed by atoms with E-state index < -0.39 is 12.2 Å². The van der Waals surface area contributed by atoms with Crippen LogP contribution in [0.25, 0.3) is 0 Å². The van der Waals surface area contributed by atoms with Gasteiger partial charge in [-0.15, -0.1) is 0 Å². The highest BCUT2D eigenvalue weighted by molar-refractivity contribution is 5.70. The maximum Gasteiger partial charge on any atom is 0.306 e. The summed E-state index contributed by atoms with van der Waals surface area (Å²) in [6.45, 7) is 14.7. The molecule has 0 aromatic rings. The van der Waals surface area contributed by atoms with E-state index in [2.05, 4.69) is 71.9 Å². The SMILES string of the molecule is CCCCC/C=C\C/C=C\CCCCCCCC(=O)OC1C2=CC[C@H]3[C@@H]4CC[C@H]([C@H](C)CCCC(C)C)[C@@]4(C)CC[C@@H]3[C@@]2(C)CC[C@@H]1O. The van der Waals surface area contributed by atoms with Gasteiger partial charge >= 0.3 is 5.97 Å². The molecule has 4 aliphatic carbocycles. The number of carbonyl (C=O) groups is 1. The van der Waals surface area contributed by atoms with E-state index in [4.69, 9.17) is 4.74 Å². The summed E-state index contributed by atoms with van der Waals surface area (Å²) in [4.78, 5) is 13.1. The second kappa shape index (κ2) is 19.3. The Balaban J connectivity index is 1.20. The molecule has 3 saturated carbocycles. The van der Waals surface area contributed by atoms with Crippen LogP contribution in [0, 0.1) is 46.3 Å². The summed E-state index contributed by atoms with van der Waals surface area (Å²) in [5, 5.41) is 11.1. The molecule has 0 amide bonds. The molecular formula is C45H76O3. The number of unbranched alkanes of at least 4 members (excludes halogenated alkanes) is 8. The molecule has 0 aliphatic heterocycles. The molecule has 3 nitrogen and oxygen atoms in total. The van der Waals surface area contributed by atoms with Crippen molar-refractivity contribution in [1.82, 2.24) is 0 Å². The lowest BCUT2D eigenvalue weighted by atomic mass is 9.46. The molecular weight excluding hydrogens is 588 g/mol. The zero-order chi connectivity index (χ0) is 34.6. The van der Waals surface area contributed by atoms with Gasteiger partial charge in [0, 0.05) is 6.42 Å². The smallest absolute Gasteiger partial charge is 0.306 e. The number of fused-ring (bicyclic) bond motifs is 5. The molecule has 1 unspecified atom stereocenters. The summed E-state index contributed by atoms with van der Waals surface area (Å²) in [6, 6.07) is 0. The van der Waals surface area contributed by atoms with Gasteiger partial charge in [-0.3, -0.25) is 4.79 Å². The molecule has 4 rings (SSSR count). The molecule has 0 aromatic carbocycles. The van der Waals surface area contributed by atoms with Gasteiger partial charge < -0.3 is 9.84 Å².